The molecular formula is C24H28N4O6. The second-order valence-electron chi connectivity index (χ2n) is 8.05. The molecule has 10 heteroatoms. The van der Waals surface area contributed by atoms with E-state index in [1.54, 1.807) is 36.2 Å². The van der Waals surface area contributed by atoms with Crippen LogP contribution in [0.3, 0.4) is 0 Å². The number of nitrogens with one attached hydrogen (secondary N) is 1. The molecule has 3 N–H and O–H groups in total. The van der Waals surface area contributed by atoms with Crippen molar-refractivity contribution in [3.63, 3.8) is 0 Å². The lowest BCUT2D eigenvalue weighted by Crippen LogP contribution is -2.43. The van der Waals surface area contributed by atoms with E-state index in [2.05, 4.69) is 5.32 Å². The van der Waals surface area contributed by atoms with Gasteiger partial charge in [-0.2, -0.15) is 0 Å². The summed E-state index contributed by atoms with van der Waals surface area (Å²) in [6.45, 7) is 2.34. The first-order chi connectivity index (χ1) is 16.4. The van der Waals surface area contributed by atoms with Crippen molar-refractivity contribution >= 4 is 11.5 Å². The number of anilines is 2. The smallest absolute Gasteiger partial charge is 0.332 e. The van der Waals surface area contributed by atoms with Crippen LogP contribution in [0, 0.1) is 6.92 Å². The van der Waals surface area contributed by atoms with Crippen molar-refractivity contribution in [1.82, 2.24) is 9.13 Å². The summed E-state index contributed by atoms with van der Waals surface area (Å²) in [5.74, 6) is 1.21. The van der Waals surface area contributed by atoms with Gasteiger partial charge in [0.05, 0.1) is 19.8 Å². The zero-order chi connectivity index (χ0) is 24.2. The normalized spacial score (nSPS) is 14.7. The highest BCUT2D eigenvalue weighted by atomic mass is 16.5. The quantitative estimate of drug-likeness (QED) is 0.403. The minimum Gasteiger partial charge on any atom is -0.508 e. The van der Waals surface area contributed by atoms with E-state index in [1.165, 1.54) is 4.57 Å². The number of phenolic OH excluding ortho intramolecular Hbond substituents is 1. The van der Waals surface area contributed by atoms with Gasteiger partial charge in [-0.1, -0.05) is 24.3 Å². The second-order valence-corrected chi connectivity index (χ2v) is 8.05. The molecular weight excluding hydrogens is 440 g/mol. The predicted molar refractivity (Wildman–Crippen MR) is 127 cm³/mol. The van der Waals surface area contributed by atoms with Crippen LogP contribution >= 0.6 is 0 Å². The molecule has 1 atom stereocenters. The van der Waals surface area contributed by atoms with Crippen LogP contribution in [-0.2, 0) is 24.9 Å². The summed E-state index contributed by atoms with van der Waals surface area (Å²) in [5.41, 5.74) is 1.15. The monoisotopic (exact) mass is 468 g/mol. The highest BCUT2D eigenvalue weighted by Gasteiger charge is 2.35. The van der Waals surface area contributed by atoms with E-state index >= 15 is 0 Å². The minimum absolute atomic E-state index is 0.109. The summed E-state index contributed by atoms with van der Waals surface area (Å²) in [7, 11) is 1.56. The lowest BCUT2D eigenvalue weighted by Gasteiger charge is -2.26. The molecule has 2 aromatic carbocycles. The number of aliphatic hydroxyl groups excluding tert-OH is 1. The number of phenols is 1. The minimum atomic E-state index is -0.729. The lowest BCUT2D eigenvalue weighted by atomic mass is 10.2. The molecule has 0 saturated carbocycles. The third kappa shape index (κ3) is 4.78. The first-order valence-corrected chi connectivity index (χ1v) is 11.0. The molecule has 10 nitrogen and oxygen atoms in total. The maximum atomic E-state index is 13.2. The van der Waals surface area contributed by atoms with Gasteiger partial charge in [0, 0.05) is 13.6 Å². The standard InChI is InChI=1S/C24H28N4O6/c1-16-4-3-5-19(14-16)33-12-13-34-23-25-21-20(22(31)27(10-11-29)24(32)26(21)2)28(23)15-17-6-8-18(30)9-7-17/h3-9,14,23,25,29-30H,10-13,15H2,1-2H3. The van der Waals surface area contributed by atoms with Crippen molar-refractivity contribution in [2.75, 3.05) is 30.0 Å². The fourth-order valence-electron chi connectivity index (χ4n) is 3.90. The average Bonchev–Trinajstić information content (AvgIpc) is 3.18. The van der Waals surface area contributed by atoms with Gasteiger partial charge in [-0.25, -0.2) is 4.79 Å². The number of hydrogen-bond acceptors (Lipinski definition) is 8. The third-order valence-electron chi connectivity index (χ3n) is 5.59. The molecule has 0 fully saturated rings. The summed E-state index contributed by atoms with van der Waals surface area (Å²) in [6.07, 6.45) is -0.729. The largest absolute Gasteiger partial charge is 0.508 e. The lowest BCUT2D eigenvalue weighted by molar-refractivity contribution is 0.0500. The molecule has 2 heterocycles. The molecule has 1 aliphatic rings. The average molecular weight is 469 g/mol. The Balaban J connectivity index is 1.58. The molecule has 0 saturated heterocycles. The van der Waals surface area contributed by atoms with Crippen LogP contribution in [0.15, 0.2) is 58.1 Å². The molecule has 3 aromatic rings. The molecule has 34 heavy (non-hydrogen) atoms. The Kier molecular flexibility index (Phi) is 6.90. The van der Waals surface area contributed by atoms with E-state index in [0.29, 0.717) is 12.4 Å². The number of aryl methyl sites for hydroxylation is 1. The van der Waals surface area contributed by atoms with E-state index in [9.17, 15) is 19.8 Å². The number of aromatic hydroxyl groups is 1. The molecule has 1 aliphatic heterocycles. The number of hydrogen-bond donors (Lipinski definition) is 3. The van der Waals surface area contributed by atoms with Crippen molar-refractivity contribution < 1.29 is 19.7 Å². The Morgan fingerprint density at radius 1 is 1.09 bits per heavy atom. The Labute approximate surface area is 196 Å². The Morgan fingerprint density at radius 3 is 2.56 bits per heavy atom. The number of benzene rings is 2. The Bertz CT molecular complexity index is 1270. The number of aromatic nitrogens is 2. The Hall–Kier alpha value is -3.76. The van der Waals surface area contributed by atoms with Crippen LogP contribution < -0.4 is 26.2 Å². The SMILES string of the molecule is Cc1cccc(OCCOC2Nc3c(c(=O)n(CCO)c(=O)n3C)N2Cc2ccc(O)cc2)c1. The highest BCUT2D eigenvalue weighted by Crippen LogP contribution is 2.32. The van der Waals surface area contributed by atoms with E-state index < -0.39 is 17.6 Å². The van der Waals surface area contributed by atoms with Crippen molar-refractivity contribution in [3.8, 4) is 11.5 Å². The predicted octanol–water partition coefficient (Wildman–Crippen LogP) is 1.36. The molecule has 1 aromatic heterocycles. The molecule has 0 spiro atoms. The van der Waals surface area contributed by atoms with Gasteiger partial charge in [-0.05, 0) is 42.3 Å². The van der Waals surface area contributed by atoms with Gasteiger partial charge in [0.1, 0.15) is 29.6 Å². The van der Waals surface area contributed by atoms with E-state index in [4.69, 9.17) is 9.47 Å². The van der Waals surface area contributed by atoms with Crippen molar-refractivity contribution in [2.45, 2.75) is 26.4 Å². The molecule has 0 bridgehead atoms. The van der Waals surface area contributed by atoms with Gasteiger partial charge < -0.3 is 29.9 Å². The van der Waals surface area contributed by atoms with Gasteiger partial charge in [-0.15, -0.1) is 0 Å². The number of fused-ring (bicyclic) bond motifs is 1. The van der Waals surface area contributed by atoms with Crippen LogP contribution in [0.2, 0.25) is 0 Å². The molecule has 0 radical (unpaired) electrons. The summed E-state index contributed by atoms with van der Waals surface area (Å²) in [6, 6.07) is 14.3. The summed E-state index contributed by atoms with van der Waals surface area (Å²) < 4.78 is 14.1. The second kappa shape index (κ2) is 10.0. The van der Waals surface area contributed by atoms with Crippen LogP contribution in [0.1, 0.15) is 11.1 Å². The third-order valence-corrected chi connectivity index (χ3v) is 5.59. The number of nitrogens with zero attached hydrogens (tertiary/aromatic N) is 3. The molecule has 0 amide bonds. The van der Waals surface area contributed by atoms with Crippen LogP contribution in [-0.4, -0.2) is 45.5 Å². The Morgan fingerprint density at radius 2 is 1.85 bits per heavy atom. The van der Waals surface area contributed by atoms with E-state index in [0.717, 1.165) is 21.4 Å². The number of aliphatic hydroxyl groups is 1. The zero-order valence-electron chi connectivity index (χ0n) is 19.1. The van der Waals surface area contributed by atoms with Gasteiger partial charge in [0.25, 0.3) is 5.56 Å². The first-order valence-electron chi connectivity index (χ1n) is 11.0. The van der Waals surface area contributed by atoms with E-state index in [-0.39, 0.29) is 37.7 Å². The summed E-state index contributed by atoms with van der Waals surface area (Å²) >= 11 is 0. The molecule has 1 unspecified atom stereocenters. The highest BCUT2D eigenvalue weighted by molar-refractivity contribution is 5.71. The summed E-state index contributed by atoms with van der Waals surface area (Å²) in [5, 5.41) is 22.1. The maximum absolute atomic E-state index is 13.2. The van der Waals surface area contributed by atoms with Gasteiger partial charge in [-0.3, -0.25) is 13.9 Å². The van der Waals surface area contributed by atoms with Crippen LogP contribution in [0.4, 0.5) is 11.5 Å². The molecule has 0 aliphatic carbocycles. The topological polar surface area (TPSA) is 118 Å². The molecule has 4 rings (SSSR count). The molecule has 180 valence electrons. The fourth-order valence-corrected chi connectivity index (χ4v) is 3.90. The van der Waals surface area contributed by atoms with Gasteiger partial charge in [0.15, 0.2) is 0 Å². The summed E-state index contributed by atoms with van der Waals surface area (Å²) in [4.78, 5) is 27.6. The van der Waals surface area contributed by atoms with Crippen molar-refractivity contribution in [3.05, 3.63) is 80.5 Å². The number of rotatable bonds is 9. The van der Waals surface area contributed by atoms with E-state index in [1.807, 2.05) is 31.2 Å². The van der Waals surface area contributed by atoms with Crippen molar-refractivity contribution in [2.24, 2.45) is 7.05 Å². The van der Waals surface area contributed by atoms with Crippen LogP contribution in [0.5, 0.6) is 11.5 Å². The van der Waals surface area contributed by atoms with Crippen molar-refractivity contribution in [1.29, 1.82) is 0 Å². The maximum Gasteiger partial charge on any atom is 0.332 e. The zero-order valence-corrected chi connectivity index (χ0v) is 19.1. The first kappa shape index (κ1) is 23.4. The van der Waals surface area contributed by atoms with Crippen LogP contribution in [0.25, 0.3) is 0 Å². The number of ether oxygens (including phenoxy) is 2. The fraction of sp³-hybridized carbons (Fsp3) is 0.333. The van der Waals surface area contributed by atoms with Gasteiger partial charge >= 0.3 is 5.69 Å². The van der Waals surface area contributed by atoms with Gasteiger partial charge in [0.2, 0.25) is 6.35 Å².